The Morgan fingerprint density at radius 3 is 2.33 bits per heavy atom. The van der Waals surface area contributed by atoms with E-state index >= 15 is 0 Å². The van der Waals surface area contributed by atoms with E-state index in [4.69, 9.17) is 31.4 Å². The molecule has 5 heterocycles. The van der Waals surface area contributed by atoms with E-state index in [1.807, 2.05) is 0 Å². The van der Waals surface area contributed by atoms with Crippen LogP contribution in [0, 0.1) is 5.92 Å². The number of nitrogens with one attached hydrogen (secondary N) is 4. The highest BCUT2D eigenvalue weighted by Crippen LogP contribution is 2.60. The first-order valence-corrected chi connectivity index (χ1v) is 24.4. The van der Waals surface area contributed by atoms with Crippen LogP contribution in [-0.2, 0) is 51.3 Å². The van der Waals surface area contributed by atoms with Gasteiger partial charge in [0.2, 0.25) is 23.4 Å². The fourth-order valence-corrected chi connectivity index (χ4v) is 11.1. The van der Waals surface area contributed by atoms with Crippen molar-refractivity contribution in [3.8, 4) is 0 Å². The van der Waals surface area contributed by atoms with Crippen molar-refractivity contribution in [2.75, 3.05) is 37.1 Å². The van der Waals surface area contributed by atoms with Crippen molar-refractivity contribution in [2.45, 2.75) is 67.7 Å². The smallest absolute Gasteiger partial charge is 0.410 e. The molecule has 382 valence electrons. The minimum absolute atomic E-state index is 0.0123. The number of methoxy groups -OCH3 is 1. The Kier molecular flexibility index (Phi) is 14.6. The SMILES string of the molecule is CO[C@]12C3[C@H](CN1C1=C(C(=O)C(N)=C(C)C1=O)[C@H]2COC(N)=O)N3C(=O)OCc1ccc(SSCC(NC(=O)CCC(NC(=O)c2ccc(NCc3cnc4nc(N)[nH]c(=O)c4n3)cc2)C(=O)O)C(=O)O)cc1. The molecule has 0 radical (unpaired) electrons. The molecule has 2 saturated heterocycles. The van der Waals surface area contributed by atoms with E-state index in [0.29, 0.717) is 21.8 Å². The molecule has 1 aliphatic carbocycles. The minimum Gasteiger partial charge on any atom is -0.480 e. The molecule has 3 aliphatic heterocycles. The molecule has 28 heteroatoms. The van der Waals surface area contributed by atoms with Gasteiger partial charge in [-0.25, -0.2) is 29.1 Å². The zero-order chi connectivity index (χ0) is 52.5. The zero-order valence-corrected chi connectivity index (χ0v) is 40.2. The van der Waals surface area contributed by atoms with Gasteiger partial charge in [0.1, 0.15) is 31.3 Å². The number of carbonyl (C=O) groups is 8. The van der Waals surface area contributed by atoms with Crippen LogP contribution >= 0.6 is 21.6 Å². The van der Waals surface area contributed by atoms with Gasteiger partial charge >= 0.3 is 24.1 Å². The van der Waals surface area contributed by atoms with Crippen LogP contribution in [-0.4, -0.2) is 143 Å². The maximum Gasteiger partial charge on any atom is 0.410 e. The summed E-state index contributed by atoms with van der Waals surface area (Å²) in [4.78, 5) is 132. The first-order valence-electron chi connectivity index (χ1n) is 22.1. The van der Waals surface area contributed by atoms with E-state index in [2.05, 4.69) is 35.9 Å². The normalized spacial score (nSPS) is 20.4. The van der Waals surface area contributed by atoms with Crippen molar-refractivity contribution in [1.29, 1.82) is 0 Å². The summed E-state index contributed by atoms with van der Waals surface area (Å²) in [5.74, 6) is -6.44. The van der Waals surface area contributed by atoms with E-state index in [9.17, 15) is 53.4 Å². The summed E-state index contributed by atoms with van der Waals surface area (Å²) in [5.41, 5.74) is 16.6. The van der Waals surface area contributed by atoms with Crippen LogP contribution in [0.3, 0.4) is 0 Å². The topological polar surface area (TPSA) is 397 Å². The molecule has 6 atom stereocenters. The van der Waals surface area contributed by atoms with Gasteiger partial charge in [-0.1, -0.05) is 33.7 Å². The maximum atomic E-state index is 13.5. The number of H-pyrrole nitrogens is 1. The van der Waals surface area contributed by atoms with Gasteiger partial charge in [0, 0.05) is 53.1 Å². The van der Waals surface area contributed by atoms with Crippen molar-refractivity contribution in [2.24, 2.45) is 17.4 Å². The molecule has 0 spiro atoms. The second-order valence-electron chi connectivity index (χ2n) is 17.0. The Hall–Kier alpha value is -8.24. The Balaban J connectivity index is 0.768. The van der Waals surface area contributed by atoms with Crippen LogP contribution in [0.4, 0.5) is 21.2 Å². The second kappa shape index (κ2) is 20.8. The molecule has 73 heavy (non-hydrogen) atoms. The highest BCUT2D eigenvalue weighted by atomic mass is 33.1. The van der Waals surface area contributed by atoms with E-state index in [-0.39, 0.29) is 77.1 Å². The summed E-state index contributed by atoms with van der Waals surface area (Å²) in [5, 5.41) is 27.5. The van der Waals surface area contributed by atoms with Gasteiger partial charge in [0.15, 0.2) is 16.9 Å². The molecule has 4 aliphatic rings. The Morgan fingerprint density at radius 2 is 1.66 bits per heavy atom. The summed E-state index contributed by atoms with van der Waals surface area (Å²) in [6.45, 7) is 1.18. The lowest BCUT2D eigenvalue weighted by atomic mass is 9.82. The van der Waals surface area contributed by atoms with Gasteiger partial charge in [-0.05, 0) is 55.3 Å². The Labute approximate surface area is 420 Å². The summed E-state index contributed by atoms with van der Waals surface area (Å²) >= 11 is 0. The van der Waals surface area contributed by atoms with E-state index < -0.39 is 102 Å². The van der Waals surface area contributed by atoms with Gasteiger partial charge in [-0.2, -0.15) is 4.98 Å². The summed E-state index contributed by atoms with van der Waals surface area (Å²) < 4.78 is 16.8. The predicted molar refractivity (Wildman–Crippen MR) is 258 cm³/mol. The number of ketones is 2. The Bertz CT molecular complexity index is 3080. The number of carboxylic acid groups (broad SMARTS) is 2. The molecule has 3 unspecified atom stereocenters. The number of aromatic amines is 1. The largest absolute Gasteiger partial charge is 0.480 e. The maximum absolute atomic E-state index is 13.5. The van der Waals surface area contributed by atoms with Gasteiger partial charge in [0.05, 0.1) is 41.8 Å². The molecule has 0 saturated carbocycles. The summed E-state index contributed by atoms with van der Waals surface area (Å²) in [6.07, 6.45) is -1.12. The van der Waals surface area contributed by atoms with E-state index in [1.165, 1.54) is 48.1 Å². The number of carboxylic acids is 2. The number of Topliss-reactive ketones (excluding diaryl/α,β-unsaturated/α-hetero) is 2. The number of carbonyl (C=O) groups excluding carboxylic acids is 6. The number of piperazine rings is 1. The average Bonchev–Trinajstić information content (AvgIpc) is 3.88. The van der Waals surface area contributed by atoms with Crippen molar-refractivity contribution in [1.82, 2.24) is 40.4 Å². The third-order valence-electron chi connectivity index (χ3n) is 12.6. The second-order valence-corrected chi connectivity index (χ2v) is 19.4. The van der Waals surface area contributed by atoms with Crippen LogP contribution in [0.15, 0.2) is 87.0 Å². The number of nitrogen functional groups attached to an aromatic ring is 1. The van der Waals surface area contributed by atoms with Gasteiger partial charge in [-0.15, -0.1) is 0 Å². The molecule has 2 fully saturated rings. The molecule has 26 nitrogen and oxygen atoms in total. The number of rotatable bonds is 20. The molecule has 4 amide bonds. The van der Waals surface area contributed by atoms with Crippen LogP contribution in [0.25, 0.3) is 11.2 Å². The number of nitrogens with two attached hydrogens (primary N) is 3. The number of aliphatic carboxylic acids is 2. The van der Waals surface area contributed by atoms with Crippen molar-refractivity contribution in [3.63, 3.8) is 0 Å². The summed E-state index contributed by atoms with van der Waals surface area (Å²) in [6, 6.07) is 8.93. The summed E-state index contributed by atoms with van der Waals surface area (Å²) in [7, 11) is 3.72. The fourth-order valence-electron chi connectivity index (χ4n) is 8.96. The monoisotopic (exact) mass is 1040 g/mol. The molecule has 8 rings (SSSR count). The highest BCUT2D eigenvalue weighted by molar-refractivity contribution is 8.76. The molecule has 2 aromatic heterocycles. The van der Waals surface area contributed by atoms with Gasteiger partial charge in [-0.3, -0.25) is 33.9 Å². The molecule has 2 aromatic carbocycles. The number of anilines is 2. The average molecular weight is 1040 g/mol. The highest BCUT2D eigenvalue weighted by Gasteiger charge is 2.78. The van der Waals surface area contributed by atoms with Crippen molar-refractivity contribution < 1.29 is 62.8 Å². The third kappa shape index (κ3) is 10.3. The van der Waals surface area contributed by atoms with Gasteiger partial charge < -0.3 is 62.5 Å². The number of amides is 4. The third-order valence-corrected chi connectivity index (χ3v) is 15.0. The number of fused-ring (bicyclic) bond motifs is 5. The minimum atomic E-state index is -1.47. The van der Waals surface area contributed by atoms with Crippen LogP contribution in [0.5, 0.6) is 0 Å². The molecule has 12 N–H and O–H groups in total. The number of aromatic nitrogens is 4. The molecule has 4 aromatic rings. The lowest BCUT2D eigenvalue weighted by molar-refractivity contribution is -0.144. The van der Waals surface area contributed by atoms with Crippen LogP contribution in [0.1, 0.15) is 41.4 Å². The number of allylic oxidation sites excluding steroid dienone is 2. The Morgan fingerprint density at radius 1 is 0.945 bits per heavy atom. The predicted octanol–water partition coefficient (Wildman–Crippen LogP) is 0.592. The number of hydrogen-bond donors (Lipinski definition) is 9. The fraction of sp³-hybridized carbons (Fsp3) is 0.333. The lowest BCUT2D eigenvalue weighted by Gasteiger charge is -2.40. The van der Waals surface area contributed by atoms with E-state index in [1.54, 1.807) is 41.3 Å². The van der Waals surface area contributed by atoms with Crippen LogP contribution < -0.4 is 38.7 Å². The number of benzene rings is 2. The van der Waals surface area contributed by atoms with E-state index in [0.717, 1.165) is 10.8 Å². The van der Waals surface area contributed by atoms with Crippen molar-refractivity contribution in [3.05, 3.63) is 104 Å². The van der Waals surface area contributed by atoms with Crippen molar-refractivity contribution >= 4 is 91.9 Å². The first-order chi connectivity index (χ1) is 34.8. The quantitative estimate of drug-likeness (QED) is 0.0332. The number of nitrogens with zero attached hydrogens (tertiary/aromatic N) is 5. The number of hydrogen-bond acceptors (Lipinski definition) is 21. The molecule has 0 bridgehead atoms. The standard InChI is InChI=1S/C45H46N12O14S2/c1-19-31(46)35(60)30-25(17-70-43(48)67)45(69-2)36-28(15-56(45)33(30)34(19)59)57(36)44(68)71-16-20-3-9-24(10-4-20)73-72-18-27(41(65)66)52-29(58)12-11-26(40(63)64)53-38(61)21-5-7-22(8-6-21)49-13-23-14-50-37-32(51-23)39(62)55-42(47)54-37/h3-10,14,25-28,36,49H,11-13,15-18,46H2,1-2H3,(H2,48,67)(H,52,58)(H,53,61)(H,63,64)(H,65,66)(H3,47,50,54,55,62)/t25-,26?,27?,28+,36?,45-,57?/m1/s1. The first kappa shape index (κ1) is 51.1. The number of primary amides is 1. The van der Waals surface area contributed by atoms with Crippen LogP contribution in [0.2, 0.25) is 0 Å². The lowest BCUT2D eigenvalue weighted by Crippen LogP contribution is -2.56. The van der Waals surface area contributed by atoms with Gasteiger partial charge in [0.25, 0.3) is 11.5 Å². The zero-order valence-electron chi connectivity index (χ0n) is 38.6. The molecular formula is C45H46N12O14S2. The molecular weight excluding hydrogens is 997 g/mol. The number of ether oxygens (including phenoxy) is 3.